The van der Waals surface area contributed by atoms with Gasteiger partial charge < -0.3 is 5.73 Å². The van der Waals surface area contributed by atoms with Crippen molar-refractivity contribution in [1.29, 1.82) is 0 Å². The van der Waals surface area contributed by atoms with Crippen LogP contribution < -0.4 is 5.73 Å². The first kappa shape index (κ1) is 14.1. The molecule has 0 aliphatic heterocycles. The normalized spacial score (nSPS) is 12.1. The Kier molecular flexibility index (Phi) is 4.65. The molecule has 1 aromatic carbocycles. The van der Waals surface area contributed by atoms with Crippen molar-refractivity contribution < 1.29 is 13.2 Å². The van der Waals surface area contributed by atoms with Gasteiger partial charge in [-0.25, -0.2) is 0 Å². The number of benzene rings is 1. The first-order valence-corrected chi connectivity index (χ1v) is 5.52. The summed E-state index contributed by atoms with van der Waals surface area (Å²) in [5.74, 6) is 0. The maximum atomic E-state index is 12.3. The van der Waals surface area contributed by atoms with Crippen molar-refractivity contribution >= 4 is 17.3 Å². The first-order chi connectivity index (χ1) is 7.81. The van der Waals surface area contributed by atoms with Gasteiger partial charge in [-0.2, -0.15) is 13.2 Å². The maximum absolute atomic E-state index is 12.3. The number of rotatable bonds is 4. The molecule has 0 saturated heterocycles. The molecule has 1 aromatic rings. The smallest absolute Gasteiger partial charge is 0.398 e. The van der Waals surface area contributed by atoms with Crippen LogP contribution in [0.5, 0.6) is 0 Å². The third-order valence-corrected chi connectivity index (χ3v) is 2.59. The zero-order chi connectivity index (χ0) is 13.1. The van der Waals surface area contributed by atoms with Gasteiger partial charge in [0.15, 0.2) is 0 Å². The van der Waals surface area contributed by atoms with Crippen LogP contribution in [-0.4, -0.2) is 24.2 Å². The highest BCUT2D eigenvalue weighted by Gasteiger charge is 2.30. The number of hydrogen-bond acceptors (Lipinski definition) is 2. The lowest BCUT2D eigenvalue weighted by Crippen LogP contribution is -2.33. The second-order valence-corrected chi connectivity index (χ2v) is 4.20. The molecule has 6 heteroatoms. The molecule has 0 amide bonds. The molecular formula is C11H14ClF3N2. The second-order valence-electron chi connectivity index (χ2n) is 3.76. The Labute approximate surface area is 103 Å². The van der Waals surface area contributed by atoms with E-state index in [0.717, 1.165) is 0 Å². The van der Waals surface area contributed by atoms with E-state index in [1.807, 2.05) is 0 Å². The predicted molar refractivity (Wildman–Crippen MR) is 62.9 cm³/mol. The van der Waals surface area contributed by atoms with Gasteiger partial charge in [-0.15, -0.1) is 0 Å². The molecule has 2 N–H and O–H groups in total. The Bertz CT molecular complexity index is 379. The molecule has 0 atom stereocenters. The van der Waals surface area contributed by atoms with E-state index in [0.29, 0.717) is 22.8 Å². The van der Waals surface area contributed by atoms with E-state index < -0.39 is 12.7 Å². The van der Waals surface area contributed by atoms with E-state index >= 15 is 0 Å². The number of alkyl halides is 3. The molecular weight excluding hydrogens is 253 g/mol. The summed E-state index contributed by atoms with van der Waals surface area (Å²) in [6.45, 7) is 1.21. The van der Waals surface area contributed by atoms with Gasteiger partial charge in [0.25, 0.3) is 0 Å². The topological polar surface area (TPSA) is 29.3 Å². The van der Waals surface area contributed by atoms with Crippen LogP contribution in [0.1, 0.15) is 12.5 Å². The van der Waals surface area contributed by atoms with Gasteiger partial charge in [-0.3, -0.25) is 4.90 Å². The van der Waals surface area contributed by atoms with E-state index in [2.05, 4.69) is 0 Å². The summed E-state index contributed by atoms with van der Waals surface area (Å²) in [6, 6.07) is 4.81. The number of hydrogen-bond donors (Lipinski definition) is 1. The highest BCUT2D eigenvalue weighted by atomic mass is 35.5. The van der Waals surface area contributed by atoms with E-state index in [9.17, 15) is 13.2 Å². The molecule has 0 bridgehead atoms. The molecule has 2 nitrogen and oxygen atoms in total. The maximum Gasteiger partial charge on any atom is 0.401 e. The fourth-order valence-corrected chi connectivity index (χ4v) is 1.66. The van der Waals surface area contributed by atoms with Crippen LogP contribution in [0.4, 0.5) is 18.9 Å². The quantitative estimate of drug-likeness (QED) is 0.847. The van der Waals surface area contributed by atoms with Gasteiger partial charge in [0, 0.05) is 17.3 Å². The molecule has 0 spiro atoms. The molecule has 0 unspecified atom stereocenters. The Hall–Kier alpha value is -0.940. The lowest BCUT2D eigenvalue weighted by atomic mass is 10.1. The van der Waals surface area contributed by atoms with Crippen molar-refractivity contribution in [3.05, 3.63) is 28.8 Å². The van der Waals surface area contributed by atoms with Crippen LogP contribution >= 0.6 is 11.6 Å². The van der Waals surface area contributed by atoms with Crippen molar-refractivity contribution in [2.75, 3.05) is 18.8 Å². The standard InChI is InChI=1S/C11H14ClF3N2/c1-2-17(7-11(13,14)15)6-8-3-4-9(12)5-10(8)16/h3-5H,2,6-7,16H2,1H3. The fourth-order valence-electron chi connectivity index (χ4n) is 1.48. The molecule has 17 heavy (non-hydrogen) atoms. The lowest BCUT2D eigenvalue weighted by Gasteiger charge is -2.22. The molecule has 0 aliphatic carbocycles. The predicted octanol–water partition coefficient (Wildman–Crippen LogP) is 3.31. The van der Waals surface area contributed by atoms with Crippen molar-refractivity contribution in [3.63, 3.8) is 0 Å². The van der Waals surface area contributed by atoms with Gasteiger partial charge in [0.05, 0.1) is 6.54 Å². The van der Waals surface area contributed by atoms with E-state index in [1.54, 1.807) is 19.1 Å². The molecule has 0 aromatic heterocycles. The van der Waals surface area contributed by atoms with Crippen molar-refractivity contribution in [1.82, 2.24) is 4.90 Å². The summed E-state index contributed by atoms with van der Waals surface area (Å²) < 4.78 is 36.8. The minimum absolute atomic E-state index is 0.166. The Morgan fingerprint density at radius 3 is 2.47 bits per heavy atom. The SMILES string of the molecule is CCN(Cc1ccc(Cl)cc1N)CC(F)(F)F. The highest BCUT2D eigenvalue weighted by Crippen LogP contribution is 2.22. The number of anilines is 1. The third-order valence-electron chi connectivity index (χ3n) is 2.35. The van der Waals surface area contributed by atoms with E-state index in [-0.39, 0.29) is 6.54 Å². The van der Waals surface area contributed by atoms with Crippen LogP contribution in [0.3, 0.4) is 0 Å². The summed E-state index contributed by atoms with van der Waals surface area (Å²) in [5, 5.41) is 0.477. The van der Waals surface area contributed by atoms with Crippen LogP contribution in [0.2, 0.25) is 5.02 Å². The first-order valence-electron chi connectivity index (χ1n) is 5.15. The van der Waals surface area contributed by atoms with Crippen molar-refractivity contribution in [2.45, 2.75) is 19.6 Å². The molecule has 0 fully saturated rings. The van der Waals surface area contributed by atoms with Gasteiger partial charge >= 0.3 is 6.18 Å². The second kappa shape index (κ2) is 5.60. The average Bonchev–Trinajstić information content (AvgIpc) is 2.19. The molecule has 96 valence electrons. The largest absolute Gasteiger partial charge is 0.401 e. The monoisotopic (exact) mass is 266 g/mol. The van der Waals surface area contributed by atoms with Crippen LogP contribution in [0, 0.1) is 0 Å². The average molecular weight is 267 g/mol. The van der Waals surface area contributed by atoms with Gasteiger partial charge in [0.1, 0.15) is 0 Å². The zero-order valence-electron chi connectivity index (χ0n) is 9.39. The van der Waals surface area contributed by atoms with Gasteiger partial charge in [0.2, 0.25) is 0 Å². The summed E-state index contributed by atoms with van der Waals surface area (Å²) in [7, 11) is 0. The molecule has 0 radical (unpaired) electrons. The minimum atomic E-state index is -4.20. The van der Waals surface area contributed by atoms with Crippen molar-refractivity contribution in [3.8, 4) is 0 Å². The van der Waals surface area contributed by atoms with Crippen LogP contribution in [0.15, 0.2) is 18.2 Å². The Balaban J connectivity index is 2.74. The zero-order valence-corrected chi connectivity index (χ0v) is 10.1. The Morgan fingerprint density at radius 2 is 2.00 bits per heavy atom. The molecule has 1 rings (SSSR count). The number of nitrogens with two attached hydrogens (primary N) is 1. The summed E-state index contributed by atoms with van der Waals surface area (Å²) in [6.07, 6.45) is -4.20. The molecule has 0 saturated carbocycles. The number of nitrogens with zero attached hydrogens (tertiary/aromatic N) is 1. The number of nitrogen functional groups attached to an aromatic ring is 1. The third kappa shape index (κ3) is 4.83. The summed E-state index contributed by atoms with van der Waals surface area (Å²) in [5.41, 5.74) is 6.76. The Morgan fingerprint density at radius 1 is 1.35 bits per heavy atom. The summed E-state index contributed by atoms with van der Waals surface area (Å²) >= 11 is 5.72. The van der Waals surface area contributed by atoms with Gasteiger partial charge in [-0.1, -0.05) is 24.6 Å². The van der Waals surface area contributed by atoms with E-state index in [1.165, 1.54) is 11.0 Å². The van der Waals surface area contributed by atoms with Crippen LogP contribution in [0.25, 0.3) is 0 Å². The number of halogens is 4. The molecule has 0 aliphatic rings. The van der Waals surface area contributed by atoms with Gasteiger partial charge in [-0.05, 0) is 24.2 Å². The lowest BCUT2D eigenvalue weighted by molar-refractivity contribution is -0.146. The fraction of sp³-hybridized carbons (Fsp3) is 0.455. The van der Waals surface area contributed by atoms with Crippen LogP contribution in [-0.2, 0) is 6.54 Å². The van der Waals surface area contributed by atoms with Crippen molar-refractivity contribution in [2.24, 2.45) is 0 Å². The summed E-state index contributed by atoms with van der Waals surface area (Å²) in [4.78, 5) is 1.28. The van der Waals surface area contributed by atoms with E-state index in [4.69, 9.17) is 17.3 Å². The highest BCUT2D eigenvalue weighted by molar-refractivity contribution is 6.30. The molecule has 0 heterocycles. The minimum Gasteiger partial charge on any atom is -0.398 e.